The van der Waals surface area contributed by atoms with Gasteiger partial charge >= 0.3 is 11.9 Å². The maximum absolute atomic E-state index is 12.6. The van der Waals surface area contributed by atoms with Crippen molar-refractivity contribution in [3.63, 3.8) is 0 Å². The van der Waals surface area contributed by atoms with Gasteiger partial charge in [0.05, 0.1) is 7.11 Å². The SMILES string of the molecule is COC(=O)[C@@H]1Cc2ccccc2CN1C(=O)COC(=O)COc1cccc(Cl)c1. The van der Waals surface area contributed by atoms with Crippen LogP contribution in [0.15, 0.2) is 48.5 Å². The Kier molecular flexibility index (Phi) is 6.72. The summed E-state index contributed by atoms with van der Waals surface area (Å²) < 4.78 is 15.1. The Hall–Kier alpha value is -3.06. The van der Waals surface area contributed by atoms with Crippen molar-refractivity contribution in [2.75, 3.05) is 20.3 Å². The van der Waals surface area contributed by atoms with Gasteiger partial charge in [0.15, 0.2) is 13.2 Å². The van der Waals surface area contributed by atoms with Crippen molar-refractivity contribution in [1.82, 2.24) is 4.90 Å². The molecule has 0 aliphatic carbocycles. The van der Waals surface area contributed by atoms with Crippen molar-refractivity contribution in [3.8, 4) is 5.75 Å². The number of esters is 2. The second kappa shape index (κ2) is 9.43. The fraction of sp³-hybridized carbons (Fsp3) is 0.286. The van der Waals surface area contributed by atoms with Crippen LogP contribution >= 0.6 is 11.6 Å². The van der Waals surface area contributed by atoms with Gasteiger partial charge in [0.1, 0.15) is 11.8 Å². The minimum Gasteiger partial charge on any atom is -0.482 e. The van der Waals surface area contributed by atoms with Gasteiger partial charge in [-0.2, -0.15) is 0 Å². The van der Waals surface area contributed by atoms with Crippen LogP contribution in [-0.2, 0) is 36.8 Å². The molecule has 0 fully saturated rings. The van der Waals surface area contributed by atoms with Crippen LogP contribution in [0.3, 0.4) is 0 Å². The monoisotopic (exact) mass is 417 g/mol. The molecule has 0 radical (unpaired) electrons. The van der Waals surface area contributed by atoms with Crippen molar-refractivity contribution in [2.24, 2.45) is 0 Å². The normalized spacial score (nSPS) is 15.2. The molecule has 29 heavy (non-hydrogen) atoms. The molecule has 0 bridgehead atoms. The van der Waals surface area contributed by atoms with Crippen molar-refractivity contribution < 1.29 is 28.6 Å². The number of fused-ring (bicyclic) bond motifs is 1. The molecule has 7 nitrogen and oxygen atoms in total. The van der Waals surface area contributed by atoms with Gasteiger partial charge in [-0.3, -0.25) is 4.79 Å². The maximum Gasteiger partial charge on any atom is 0.344 e. The number of hydrogen-bond acceptors (Lipinski definition) is 6. The summed E-state index contributed by atoms with van der Waals surface area (Å²) in [5.74, 6) is -1.28. The molecule has 2 aromatic rings. The highest BCUT2D eigenvalue weighted by Gasteiger charge is 2.35. The molecule has 1 atom stereocenters. The van der Waals surface area contributed by atoms with E-state index in [2.05, 4.69) is 0 Å². The Labute approximate surface area is 173 Å². The molecule has 1 aliphatic rings. The third-order valence-electron chi connectivity index (χ3n) is 4.55. The van der Waals surface area contributed by atoms with Gasteiger partial charge in [-0.15, -0.1) is 0 Å². The smallest absolute Gasteiger partial charge is 0.344 e. The number of carbonyl (C=O) groups excluding carboxylic acids is 3. The highest BCUT2D eigenvalue weighted by molar-refractivity contribution is 6.30. The minimum absolute atomic E-state index is 0.241. The van der Waals surface area contributed by atoms with Gasteiger partial charge < -0.3 is 19.1 Å². The molecule has 0 N–H and O–H groups in total. The summed E-state index contributed by atoms with van der Waals surface area (Å²) in [7, 11) is 1.28. The molecule has 0 saturated heterocycles. The van der Waals surface area contributed by atoms with E-state index in [0.717, 1.165) is 11.1 Å². The number of rotatable bonds is 6. The molecule has 2 aromatic carbocycles. The number of hydrogen-bond donors (Lipinski definition) is 0. The van der Waals surface area contributed by atoms with Crippen LogP contribution in [0, 0.1) is 0 Å². The summed E-state index contributed by atoms with van der Waals surface area (Å²) in [6.45, 7) is -0.615. The summed E-state index contributed by atoms with van der Waals surface area (Å²) in [6, 6.07) is 13.4. The van der Waals surface area contributed by atoms with E-state index in [1.807, 2.05) is 24.3 Å². The topological polar surface area (TPSA) is 82.1 Å². The van der Waals surface area contributed by atoms with Crippen LogP contribution in [0.4, 0.5) is 0 Å². The molecule has 1 amide bonds. The van der Waals surface area contributed by atoms with E-state index in [-0.39, 0.29) is 13.2 Å². The summed E-state index contributed by atoms with van der Waals surface area (Å²) in [5.41, 5.74) is 1.93. The highest BCUT2D eigenvalue weighted by atomic mass is 35.5. The number of halogens is 1. The van der Waals surface area contributed by atoms with Gasteiger partial charge in [-0.05, 0) is 29.3 Å². The van der Waals surface area contributed by atoms with E-state index >= 15 is 0 Å². The van der Waals surface area contributed by atoms with E-state index in [4.69, 9.17) is 25.8 Å². The lowest BCUT2D eigenvalue weighted by Crippen LogP contribution is -2.50. The first-order valence-electron chi connectivity index (χ1n) is 8.96. The number of methoxy groups -OCH3 is 1. The molecule has 1 aliphatic heterocycles. The molecule has 8 heteroatoms. The average molecular weight is 418 g/mol. The lowest BCUT2D eigenvalue weighted by Gasteiger charge is -2.35. The van der Waals surface area contributed by atoms with Crippen LogP contribution < -0.4 is 4.74 Å². The zero-order chi connectivity index (χ0) is 20.8. The Balaban J connectivity index is 1.58. The van der Waals surface area contributed by atoms with E-state index in [0.29, 0.717) is 17.2 Å². The lowest BCUT2D eigenvalue weighted by atomic mass is 9.94. The van der Waals surface area contributed by atoms with Crippen LogP contribution in [0.2, 0.25) is 5.02 Å². The van der Waals surface area contributed by atoms with Gasteiger partial charge in [-0.25, -0.2) is 9.59 Å². The minimum atomic E-state index is -0.760. The zero-order valence-corrected chi connectivity index (χ0v) is 16.6. The summed E-state index contributed by atoms with van der Waals surface area (Å²) >= 11 is 5.85. The number of benzene rings is 2. The van der Waals surface area contributed by atoms with Crippen LogP contribution in [-0.4, -0.2) is 49.1 Å². The second-order valence-corrected chi connectivity index (χ2v) is 6.88. The molecule has 0 saturated carbocycles. The molecule has 152 valence electrons. The van der Waals surface area contributed by atoms with E-state index in [9.17, 15) is 14.4 Å². The molecule has 3 rings (SSSR count). The van der Waals surface area contributed by atoms with E-state index < -0.39 is 30.5 Å². The third kappa shape index (κ3) is 5.26. The highest BCUT2D eigenvalue weighted by Crippen LogP contribution is 2.24. The van der Waals surface area contributed by atoms with E-state index in [1.54, 1.807) is 24.3 Å². The fourth-order valence-corrected chi connectivity index (χ4v) is 3.28. The number of nitrogens with zero attached hydrogens (tertiary/aromatic N) is 1. The Bertz CT molecular complexity index is 916. The van der Waals surface area contributed by atoms with Gasteiger partial charge in [0.25, 0.3) is 5.91 Å². The Morgan fingerprint density at radius 3 is 2.55 bits per heavy atom. The molecule has 1 heterocycles. The van der Waals surface area contributed by atoms with Gasteiger partial charge in [0.2, 0.25) is 0 Å². The first-order valence-corrected chi connectivity index (χ1v) is 9.34. The maximum atomic E-state index is 12.6. The van der Waals surface area contributed by atoms with Gasteiger partial charge in [0, 0.05) is 18.0 Å². The average Bonchev–Trinajstić information content (AvgIpc) is 2.74. The Morgan fingerprint density at radius 2 is 1.83 bits per heavy atom. The van der Waals surface area contributed by atoms with Gasteiger partial charge in [-0.1, -0.05) is 41.9 Å². The molecule has 0 spiro atoms. The quantitative estimate of drug-likeness (QED) is 0.671. The summed E-state index contributed by atoms with van der Waals surface area (Å²) in [6.07, 6.45) is 0.348. The lowest BCUT2D eigenvalue weighted by molar-refractivity contribution is -0.160. The first kappa shape index (κ1) is 20.7. The molecule has 0 aromatic heterocycles. The van der Waals surface area contributed by atoms with Crippen LogP contribution in [0.5, 0.6) is 5.75 Å². The standard InChI is InChI=1S/C21H20ClNO6/c1-27-21(26)18-9-14-5-2-3-6-15(14)11-23(18)19(24)12-29-20(25)13-28-17-8-4-7-16(22)10-17/h2-8,10,18H,9,11-13H2,1H3/t18-/m0/s1. The van der Waals surface area contributed by atoms with Crippen LogP contribution in [0.1, 0.15) is 11.1 Å². The largest absolute Gasteiger partial charge is 0.482 e. The zero-order valence-electron chi connectivity index (χ0n) is 15.8. The van der Waals surface area contributed by atoms with Crippen molar-refractivity contribution in [3.05, 3.63) is 64.7 Å². The molecule has 0 unspecified atom stereocenters. The predicted molar refractivity (Wildman–Crippen MR) is 104 cm³/mol. The second-order valence-electron chi connectivity index (χ2n) is 6.44. The Morgan fingerprint density at radius 1 is 1.07 bits per heavy atom. The predicted octanol–water partition coefficient (Wildman–Crippen LogP) is 2.39. The van der Waals surface area contributed by atoms with Crippen molar-refractivity contribution in [2.45, 2.75) is 19.0 Å². The van der Waals surface area contributed by atoms with Crippen molar-refractivity contribution in [1.29, 1.82) is 0 Å². The number of carbonyl (C=O) groups is 3. The third-order valence-corrected chi connectivity index (χ3v) is 4.79. The number of amides is 1. The molecular weight excluding hydrogens is 398 g/mol. The number of ether oxygens (including phenoxy) is 3. The van der Waals surface area contributed by atoms with E-state index in [1.165, 1.54) is 12.0 Å². The molecular formula is C21H20ClNO6. The fourth-order valence-electron chi connectivity index (χ4n) is 3.10. The summed E-state index contributed by atoms with van der Waals surface area (Å²) in [4.78, 5) is 38.1. The van der Waals surface area contributed by atoms with Crippen LogP contribution in [0.25, 0.3) is 0 Å². The first-order chi connectivity index (χ1) is 14.0. The van der Waals surface area contributed by atoms with Crippen molar-refractivity contribution >= 4 is 29.4 Å². The summed E-state index contributed by atoms with van der Waals surface area (Å²) in [5, 5.41) is 0.477.